The average molecular weight is 372 g/mol. The molecule has 0 aliphatic carbocycles. The molecule has 1 amide bonds. The zero-order chi connectivity index (χ0) is 18.5. The number of nitrogens with one attached hydrogen (secondary N) is 1. The number of nitrogens with zero attached hydrogens (tertiary/aromatic N) is 2. The van der Waals surface area contributed by atoms with Gasteiger partial charge in [-0.05, 0) is 43.8 Å². The maximum Gasteiger partial charge on any atom is 0.251 e. The van der Waals surface area contributed by atoms with Gasteiger partial charge in [-0.15, -0.1) is 0 Å². The van der Waals surface area contributed by atoms with Crippen molar-refractivity contribution in [3.63, 3.8) is 0 Å². The van der Waals surface area contributed by atoms with Gasteiger partial charge in [-0.2, -0.15) is 0 Å². The molecule has 0 unspecified atom stereocenters. The predicted molar refractivity (Wildman–Crippen MR) is 107 cm³/mol. The first-order valence-electron chi connectivity index (χ1n) is 9.06. The normalized spacial score (nSPS) is 17.0. The van der Waals surface area contributed by atoms with Crippen molar-refractivity contribution in [2.24, 2.45) is 0 Å². The van der Waals surface area contributed by atoms with Gasteiger partial charge in [0.25, 0.3) is 5.91 Å². The van der Waals surface area contributed by atoms with Crippen LogP contribution in [-0.2, 0) is 0 Å². The Morgan fingerprint density at radius 2 is 1.65 bits per heavy atom. The molecule has 0 spiro atoms. The van der Waals surface area contributed by atoms with E-state index < -0.39 is 0 Å². The van der Waals surface area contributed by atoms with Gasteiger partial charge < -0.3 is 10.2 Å². The van der Waals surface area contributed by atoms with Crippen LogP contribution in [0.2, 0.25) is 5.02 Å². The average Bonchev–Trinajstić information content (AvgIpc) is 2.65. The lowest BCUT2D eigenvalue weighted by Crippen LogP contribution is -2.48. The van der Waals surface area contributed by atoms with E-state index in [4.69, 9.17) is 11.6 Å². The van der Waals surface area contributed by atoms with Crippen LogP contribution in [0, 0.1) is 6.92 Å². The highest BCUT2D eigenvalue weighted by molar-refractivity contribution is 6.30. The molecule has 0 saturated carbocycles. The maximum atomic E-state index is 12.5. The Hall–Kier alpha value is -1.88. The number of amides is 1. The second kappa shape index (κ2) is 8.67. The zero-order valence-corrected chi connectivity index (χ0v) is 16.2. The molecule has 1 fully saturated rings. The van der Waals surface area contributed by atoms with Crippen molar-refractivity contribution in [1.29, 1.82) is 0 Å². The second-order valence-corrected chi connectivity index (χ2v) is 7.42. The molecular formula is C21H26ClN3O. The minimum Gasteiger partial charge on any atom is -0.350 e. The highest BCUT2D eigenvalue weighted by Gasteiger charge is 2.24. The van der Waals surface area contributed by atoms with E-state index in [2.05, 4.69) is 53.4 Å². The summed E-state index contributed by atoms with van der Waals surface area (Å²) in [6.45, 7) is 6.80. The Balaban J connectivity index is 1.71. The van der Waals surface area contributed by atoms with Crippen molar-refractivity contribution in [1.82, 2.24) is 15.1 Å². The summed E-state index contributed by atoms with van der Waals surface area (Å²) >= 11 is 5.91. The van der Waals surface area contributed by atoms with E-state index in [1.54, 1.807) is 24.3 Å². The SMILES string of the molecule is Cc1ccc([C@H](CNC(=O)c2ccc(Cl)cc2)N2CCN(C)CC2)cc1. The molecule has 1 aliphatic rings. The van der Waals surface area contributed by atoms with Crippen LogP contribution in [0.5, 0.6) is 0 Å². The smallest absolute Gasteiger partial charge is 0.251 e. The lowest BCUT2D eigenvalue weighted by Gasteiger charge is -2.38. The van der Waals surface area contributed by atoms with Crippen molar-refractivity contribution >= 4 is 17.5 Å². The fourth-order valence-electron chi connectivity index (χ4n) is 3.27. The summed E-state index contributed by atoms with van der Waals surface area (Å²) in [6.07, 6.45) is 0. The lowest BCUT2D eigenvalue weighted by atomic mass is 10.0. The second-order valence-electron chi connectivity index (χ2n) is 6.98. The van der Waals surface area contributed by atoms with Crippen molar-refractivity contribution in [2.45, 2.75) is 13.0 Å². The van der Waals surface area contributed by atoms with Gasteiger partial charge in [-0.25, -0.2) is 0 Å². The first-order chi connectivity index (χ1) is 12.5. The third kappa shape index (κ3) is 4.85. The Bertz CT molecular complexity index is 722. The van der Waals surface area contributed by atoms with Gasteiger partial charge in [0.1, 0.15) is 0 Å². The number of piperazine rings is 1. The molecule has 1 saturated heterocycles. The van der Waals surface area contributed by atoms with E-state index in [9.17, 15) is 4.79 Å². The highest BCUT2D eigenvalue weighted by atomic mass is 35.5. The van der Waals surface area contributed by atoms with E-state index in [0.717, 1.165) is 26.2 Å². The van der Waals surface area contributed by atoms with Crippen molar-refractivity contribution in [3.8, 4) is 0 Å². The van der Waals surface area contributed by atoms with Gasteiger partial charge in [-0.3, -0.25) is 9.69 Å². The third-order valence-electron chi connectivity index (χ3n) is 5.00. The summed E-state index contributed by atoms with van der Waals surface area (Å²) in [5.74, 6) is -0.0621. The number of aryl methyl sites for hydroxylation is 1. The molecule has 0 aromatic heterocycles. The molecule has 0 bridgehead atoms. The fraction of sp³-hybridized carbons (Fsp3) is 0.381. The molecule has 1 heterocycles. The minimum absolute atomic E-state index is 0.0621. The molecule has 1 aliphatic heterocycles. The van der Waals surface area contributed by atoms with Gasteiger partial charge >= 0.3 is 0 Å². The fourth-order valence-corrected chi connectivity index (χ4v) is 3.40. The number of halogens is 1. The van der Waals surface area contributed by atoms with Gasteiger partial charge in [-0.1, -0.05) is 41.4 Å². The standard InChI is InChI=1S/C21H26ClN3O/c1-16-3-5-17(6-4-16)20(25-13-11-24(2)12-14-25)15-23-21(26)18-7-9-19(22)10-8-18/h3-10,20H,11-15H2,1-2H3,(H,23,26)/t20-/m0/s1. The lowest BCUT2D eigenvalue weighted by molar-refractivity contribution is 0.0886. The summed E-state index contributed by atoms with van der Waals surface area (Å²) in [5, 5.41) is 3.74. The van der Waals surface area contributed by atoms with Crippen LogP contribution in [0.15, 0.2) is 48.5 Å². The molecule has 26 heavy (non-hydrogen) atoms. The largest absolute Gasteiger partial charge is 0.350 e. The molecule has 1 N–H and O–H groups in total. The summed E-state index contributed by atoms with van der Waals surface area (Å²) in [6, 6.07) is 15.8. The van der Waals surface area contributed by atoms with E-state index in [1.165, 1.54) is 11.1 Å². The minimum atomic E-state index is -0.0621. The number of carbonyl (C=O) groups is 1. The van der Waals surface area contributed by atoms with Crippen LogP contribution in [0.25, 0.3) is 0 Å². The summed E-state index contributed by atoms with van der Waals surface area (Å²) in [4.78, 5) is 17.3. The molecule has 1 atom stereocenters. The van der Waals surface area contributed by atoms with E-state index in [-0.39, 0.29) is 11.9 Å². The van der Waals surface area contributed by atoms with Gasteiger partial charge in [0.05, 0.1) is 6.04 Å². The van der Waals surface area contributed by atoms with Crippen molar-refractivity contribution in [3.05, 3.63) is 70.2 Å². The molecule has 5 heteroatoms. The van der Waals surface area contributed by atoms with Crippen LogP contribution >= 0.6 is 11.6 Å². The molecule has 3 rings (SSSR count). The highest BCUT2D eigenvalue weighted by Crippen LogP contribution is 2.22. The van der Waals surface area contributed by atoms with Crippen LogP contribution < -0.4 is 5.32 Å². The van der Waals surface area contributed by atoms with Crippen molar-refractivity contribution < 1.29 is 4.79 Å². The third-order valence-corrected chi connectivity index (χ3v) is 5.26. The maximum absolute atomic E-state index is 12.5. The molecule has 4 nitrogen and oxygen atoms in total. The first kappa shape index (κ1) is 18.9. The van der Waals surface area contributed by atoms with Crippen LogP contribution in [0.1, 0.15) is 27.5 Å². The van der Waals surface area contributed by atoms with Crippen LogP contribution in [-0.4, -0.2) is 55.5 Å². The number of hydrogen-bond acceptors (Lipinski definition) is 3. The summed E-state index contributed by atoms with van der Waals surface area (Å²) in [7, 11) is 2.15. The molecular weight excluding hydrogens is 346 g/mol. The van der Waals surface area contributed by atoms with Crippen LogP contribution in [0.3, 0.4) is 0 Å². The molecule has 2 aromatic rings. The Morgan fingerprint density at radius 1 is 1.04 bits per heavy atom. The van der Waals surface area contributed by atoms with Gasteiger partial charge in [0.2, 0.25) is 0 Å². The number of benzene rings is 2. The number of rotatable bonds is 5. The Labute approximate surface area is 160 Å². The monoisotopic (exact) mass is 371 g/mol. The number of carbonyl (C=O) groups excluding carboxylic acids is 1. The molecule has 138 valence electrons. The van der Waals surface area contributed by atoms with Crippen molar-refractivity contribution in [2.75, 3.05) is 39.8 Å². The topological polar surface area (TPSA) is 35.6 Å². The Kier molecular flexibility index (Phi) is 6.30. The summed E-state index contributed by atoms with van der Waals surface area (Å²) in [5.41, 5.74) is 3.13. The number of hydrogen-bond donors (Lipinski definition) is 1. The summed E-state index contributed by atoms with van der Waals surface area (Å²) < 4.78 is 0. The van der Waals surface area contributed by atoms with Crippen LogP contribution in [0.4, 0.5) is 0 Å². The predicted octanol–water partition coefficient (Wildman–Crippen LogP) is 3.37. The number of likely N-dealkylation sites (N-methyl/N-ethyl adjacent to an activating group) is 1. The van der Waals surface area contributed by atoms with Gasteiger partial charge in [0.15, 0.2) is 0 Å². The zero-order valence-electron chi connectivity index (χ0n) is 15.4. The van der Waals surface area contributed by atoms with E-state index in [0.29, 0.717) is 17.1 Å². The van der Waals surface area contributed by atoms with E-state index >= 15 is 0 Å². The van der Waals surface area contributed by atoms with Gasteiger partial charge in [0, 0.05) is 43.3 Å². The molecule has 0 radical (unpaired) electrons. The Morgan fingerprint density at radius 3 is 2.27 bits per heavy atom. The van der Waals surface area contributed by atoms with E-state index in [1.807, 2.05) is 0 Å². The molecule has 2 aromatic carbocycles. The first-order valence-corrected chi connectivity index (χ1v) is 9.43. The quantitative estimate of drug-likeness (QED) is 0.875.